The molecule has 1 aliphatic heterocycles. The van der Waals surface area contributed by atoms with Crippen LogP contribution in [0.2, 0.25) is 0 Å². The molecule has 0 saturated carbocycles. The van der Waals surface area contributed by atoms with E-state index in [0.29, 0.717) is 47.4 Å². The average Bonchev–Trinajstić information content (AvgIpc) is 3.30. The number of esters is 1. The fraction of sp³-hybridized carbons (Fsp3) is 0.290. The molecule has 0 radical (unpaired) electrons. The molecule has 3 aromatic carbocycles. The number of nitrogens with zero attached hydrogens (tertiary/aromatic N) is 2. The van der Waals surface area contributed by atoms with E-state index in [4.69, 9.17) is 26.4 Å². The van der Waals surface area contributed by atoms with Crippen LogP contribution in [0.15, 0.2) is 72.8 Å². The number of rotatable bonds is 11. The van der Waals surface area contributed by atoms with Crippen molar-refractivity contribution in [1.82, 2.24) is 10.2 Å². The van der Waals surface area contributed by atoms with E-state index >= 15 is 0 Å². The van der Waals surface area contributed by atoms with Gasteiger partial charge in [0, 0.05) is 13.1 Å². The van der Waals surface area contributed by atoms with E-state index in [2.05, 4.69) is 5.32 Å². The van der Waals surface area contributed by atoms with Crippen LogP contribution < -0.4 is 19.7 Å². The van der Waals surface area contributed by atoms with E-state index in [1.807, 2.05) is 48.5 Å². The highest BCUT2D eigenvalue weighted by molar-refractivity contribution is 7.80. The molecule has 1 aliphatic rings. The Hall–Kier alpha value is -4.44. The van der Waals surface area contributed by atoms with Crippen LogP contribution in [-0.4, -0.2) is 68.3 Å². The zero-order valence-electron chi connectivity index (χ0n) is 23.3. The summed E-state index contributed by atoms with van der Waals surface area (Å²) in [4.78, 5) is 41.6. The molecule has 1 N–H and O–H groups in total. The number of nitrogens with one attached hydrogen (secondary N) is 1. The van der Waals surface area contributed by atoms with Gasteiger partial charge in [-0.25, -0.2) is 9.69 Å². The number of methoxy groups -OCH3 is 3. The summed E-state index contributed by atoms with van der Waals surface area (Å²) in [6, 6.07) is 21.1. The fourth-order valence-electron chi connectivity index (χ4n) is 4.74. The number of ether oxygens (including phenoxy) is 3. The maximum absolute atomic E-state index is 13.7. The predicted octanol–water partition coefficient (Wildman–Crippen LogP) is 3.78. The summed E-state index contributed by atoms with van der Waals surface area (Å²) < 4.78 is 15.5. The first-order chi connectivity index (χ1) is 19.9. The first-order valence-electron chi connectivity index (χ1n) is 13.2. The smallest absolute Gasteiger partial charge is 0.337 e. The Morgan fingerprint density at radius 3 is 2.29 bits per heavy atom. The minimum Gasteiger partial charge on any atom is -0.493 e. The fourth-order valence-corrected chi connectivity index (χ4v) is 5.06. The van der Waals surface area contributed by atoms with Crippen molar-refractivity contribution >= 4 is 40.8 Å². The maximum Gasteiger partial charge on any atom is 0.337 e. The van der Waals surface area contributed by atoms with Gasteiger partial charge in [-0.15, -0.1) is 0 Å². The third-order valence-corrected chi connectivity index (χ3v) is 7.31. The Balaban J connectivity index is 1.53. The average molecular weight is 576 g/mol. The predicted molar refractivity (Wildman–Crippen MR) is 159 cm³/mol. The van der Waals surface area contributed by atoms with Crippen molar-refractivity contribution in [2.24, 2.45) is 0 Å². The normalized spacial score (nSPS) is 14.5. The summed E-state index contributed by atoms with van der Waals surface area (Å²) >= 11 is 5.77. The Bertz CT molecular complexity index is 1400. The summed E-state index contributed by atoms with van der Waals surface area (Å²) in [5, 5.41) is 3.68. The molecule has 0 spiro atoms. The number of imide groups is 1. The molecular weight excluding hydrogens is 542 g/mol. The van der Waals surface area contributed by atoms with Gasteiger partial charge in [0.05, 0.1) is 39.0 Å². The standard InChI is InChI=1S/C31H33N3O6S/c1-38-26-14-9-22(19-27(26)39-2)16-18-33(31(41)32-17-15-21-7-5-4-6-8-21)25-20-28(35)34(29(25)36)24-12-10-23(11-13-24)30(37)40-3/h4-14,19,25H,15-18,20H2,1-3H3,(H,32,41). The van der Waals surface area contributed by atoms with Crippen LogP contribution in [0.4, 0.5) is 5.69 Å². The van der Waals surface area contributed by atoms with Gasteiger partial charge in [-0.1, -0.05) is 36.4 Å². The molecule has 0 aliphatic carbocycles. The number of hydrogen-bond acceptors (Lipinski definition) is 7. The Morgan fingerprint density at radius 2 is 1.63 bits per heavy atom. The maximum atomic E-state index is 13.7. The van der Waals surface area contributed by atoms with Gasteiger partial charge >= 0.3 is 5.97 Å². The van der Waals surface area contributed by atoms with E-state index in [9.17, 15) is 14.4 Å². The monoisotopic (exact) mass is 575 g/mol. The Morgan fingerprint density at radius 1 is 0.927 bits per heavy atom. The molecule has 1 unspecified atom stereocenters. The molecule has 0 aromatic heterocycles. The first-order valence-corrected chi connectivity index (χ1v) is 13.6. The molecule has 10 heteroatoms. The van der Waals surface area contributed by atoms with Gasteiger partial charge < -0.3 is 24.4 Å². The van der Waals surface area contributed by atoms with E-state index < -0.39 is 12.0 Å². The van der Waals surface area contributed by atoms with Crippen LogP contribution in [0.3, 0.4) is 0 Å². The van der Waals surface area contributed by atoms with Crippen molar-refractivity contribution in [2.75, 3.05) is 39.3 Å². The number of carbonyl (C=O) groups excluding carboxylic acids is 3. The van der Waals surface area contributed by atoms with Crippen LogP contribution in [0.5, 0.6) is 11.5 Å². The third kappa shape index (κ3) is 7.01. The summed E-state index contributed by atoms with van der Waals surface area (Å²) in [5.74, 6) is 0.0153. The van der Waals surface area contributed by atoms with Crippen LogP contribution in [-0.2, 0) is 27.2 Å². The second kappa shape index (κ2) is 13.8. The van der Waals surface area contributed by atoms with Gasteiger partial charge in [0.15, 0.2) is 16.6 Å². The molecule has 214 valence electrons. The Kier molecular flexibility index (Phi) is 9.91. The van der Waals surface area contributed by atoms with Crippen molar-refractivity contribution < 1.29 is 28.6 Å². The Labute approximate surface area is 245 Å². The van der Waals surface area contributed by atoms with Crippen LogP contribution >= 0.6 is 12.2 Å². The molecule has 1 fully saturated rings. The van der Waals surface area contributed by atoms with Gasteiger partial charge in [-0.2, -0.15) is 0 Å². The van der Waals surface area contributed by atoms with Crippen LogP contribution in [0, 0.1) is 0 Å². The molecule has 41 heavy (non-hydrogen) atoms. The summed E-state index contributed by atoms with van der Waals surface area (Å²) in [5.41, 5.74) is 2.84. The van der Waals surface area contributed by atoms with E-state index in [1.165, 1.54) is 19.2 Å². The van der Waals surface area contributed by atoms with Crippen molar-refractivity contribution in [1.29, 1.82) is 0 Å². The topological polar surface area (TPSA) is 97.4 Å². The van der Waals surface area contributed by atoms with Gasteiger partial charge in [-0.05, 0) is 72.6 Å². The third-order valence-electron chi connectivity index (χ3n) is 6.93. The zero-order chi connectivity index (χ0) is 29.4. The number of anilines is 1. The first kappa shape index (κ1) is 29.5. The van der Waals surface area contributed by atoms with E-state index in [1.54, 1.807) is 31.3 Å². The number of benzene rings is 3. The lowest BCUT2D eigenvalue weighted by molar-refractivity contribution is -0.122. The number of amides is 2. The van der Waals surface area contributed by atoms with Gasteiger partial charge in [-0.3, -0.25) is 9.59 Å². The lowest BCUT2D eigenvalue weighted by Crippen LogP contribution is -2.50. The molecule has 3 aromatic rings. The minimum absolute atomic E-state index is 0.0238. The second-order valence-electron chi connectivity index (χ2n) is 9.43. The molecular formula is C31H33N3O6S. The lowest BCUT2D eigenvalue weighted by Gasteiger charge is -2.30. The van der Waals surface area contributed by atoms with Gasteiger partial charge in [0.1, 0.15) is 6.04 Å². The highest BCUT2D eigenvalue weighted by Crippen LogP contribution is 2.29. The molecule has 1 saturated heterocycles. The molecule has 9 nitrogen and oxygen atoms in total. The zero-order valence-corrected chi connectivity index (χ0v) is 24.1. The van der Waals surface area contributed by atoms with Crippen molar-refractivity contribution in [3.63, 3.8) is 0 Å². The van der Waals surface area contributed by atoms with E-state index in [0.717, 1.165) is 22.4 Å². The highest BCUT2D eigenvalue weighted by Gasteiger charge is 2.43. The quantitative estimate of drug-likeness (QED) is 0.208. The van der Waals surface area contributed by atoms with Crippen molar-refractivity contribution in [3.05, 3.63) is 89.5 Å². The lowest BCUT2D eigenvalue weighted by atomic mass is 10.1. The number of hydrogen-bond donors (Lipinski definition) is 1. The van der Waals surface area contributed by atoms with Crippen LogP contribution in [0.1, 0.15) is 27.9 Å². The second-order valence-corrected chi connectivity index (χ2v) is 9.81. The van der Waals surface area contributed by atoms with Gasteiger partial charge in [0.25, 0.3) is 5.91 Å². The highest BCUT2D eigenvalue weighted by atomic mass is 32.1. The molecule has 4 rings (SSSR count). The van der Waals surface area contributed by atoms with Crippen LogP contribution in [0.25, 0.3) is 0 Å². The minimum atomic E-state index is -0.778. The van der Waals surface area contributed by atoms with Crippen molar-refractivity contribution in [2.45, 2.75) is 25.3 Å². The molecule has 0 bridgehead atoms. The SMILES string of the molecule is COC(=O)c1ccc(N2C(=O)CC(N(CCc3ccc(OC)c(OC)c3)C(=S)NCCc3ccccc3)C2=O)cc1. The van der Waals surface area contributed by atoms with E-state index in [-0.39, 0.29) is 18.2 Å². The molecule has 2 amide bonds. The molecule has 1 heterocycles. The van der Waals surface area contributed by atoms with Gasteiger partial charge in [0.2, 0.25) is 5.91 Å². The summed E-state index contributed by atoms with van der Waals surface area (Å²) in [6.07, 6.45) is 1.28. The molecule has 1 atom stereocenters. The summed E-state index contributed by atoms with van der Waals surface area (Å²) in [6.45, 7) is 0.967. The van der Waals surface area contributed by atoms with Crippen molar-refractivity contribution in [3.8, 4) is 11.5 Å². The summed E-state index contributed by atoms with van der Waals surface area (Å²) in [7, 11) is 4.45. The number of thiocarbonyl (C=S) groups is 1. The largest absolute Gasteiger partial charge is 0.493 e. The number of carbonyl (C=O) groups is 3.